The fraction of sp³-hybridized carbons (Fsp3) is 0.500. The van der Waals surface area contributed by atoms with Crippen LogP contribution in [0.15, 0.2) is 18.7 Å². The third kappa shape index (κ3) is 2.66. The summed E-state index contributed by atoms with van der Waals surface area (Å²) in [6.07, 6.45) is 5.57. The molecule has 2 aromatic heterocycles. The zero-order valence-electron chi connectivity index (χ0n) is 9.59. The maximum Gasteiger partial charge on any atom is 0.164 e. The van der Waals surface area contributed by atoms with Crippen LogP contribution in [0.3, 0.4) is 0 Å². The molecule has 0 aliphatic rings. The maximum atomic E-state index is 4.36. The summed E-state index contributed by atoms with van der Waals surface area (Å²) in [5.41, 5.74) is 1.13. The van der Waals surface area contributed by atoms with Crippen LogP contribution in [0.5, 0.6) is 0 Å². The number of nitrogens with zero attached hydrogens (tertiary/aromatic N) is 5. The average Bonchev–Trinajstić information content (AvgIpc) is 2.86. The third-order valence-electron chi connectivity index (χ3n) is 2.22. The van der Waals surface area contributed by atoms with Crippen molar-refractivity contribution < 1.29 is 0 Å². The third-order valence-corrected chi connectivity index (χ3v) is 2.22. The second-order valence-electron chi connectivity index (χ2n) is 3.66. The van der Waals surface area contributed by atoms with E-state index in [1.54, 1.807) is 11.0 Å². The second kappa shape index (κ2) is 4.89. The van der Waals surface area contributed by atoms with E-state index in [1.807, 2.05) is 24.1 Å². The number of aromatic nitrogens is 5. The molecular weight excluding hydrogens is 204 g/mol. The SMILES string of the molecule is CCNCc1ncn(Cc2cnn(C)c2)n1. The molecule has 0 aliphatic carbocycles. The molecule has 2 heterocycles. The number of aryl methyl sites for hydroxylation is 1. The Hall–Kier alpha value is -1.69. The summed E-state index contributed by atoms with van der Waals surface area (Å²) in [5, 5.41) is 11.7. The average molecular weight is 220 g/mol. The van der Waals surface area contributed by atoms with Crippen LogP contribution in [0.25, 0.3) is 0 Å². The Labute approximate surface area is 94.3 Å². The molecule has 0 aromatic carbocycles. The van der Waals surface area contributed by atoms with Gasteiger partial charge in [0.25, 0.3) is 0 Å². The van der Waals surface area contributed by atoms with Crippen molar-refractivity contribution in [2.75, 3.05) is 6.54 Å². The molecule has 0 fully saturated rings. The minimum absolute atomic E-state index is 0.715. The first-order chi connectivity index (χ1) is 7.78. The van der Waals surface area contributed by atoms with E-state index >= 15 is 0 Å². The Morgan fingerprint density at radius 3 is 3.00 bits per heavy atom. The van der Waals surface area contributed by atoms with Crippen molar-refractivity contribution in [3.05, 3.63) is 30.1 Å². The summed E-state index contributed by atoms with van der Waals surface area (Å²) in [7, 11) is 1.90. The molecule has 86 valence electrons. The molecule has 0 spiro atoms. The van der Waals surface area contributed by atoms with Gasteiger partial charge in [-0.1, -0.05) is 6.92 Å². The van der Waals surface area contributed by atoms with Crippen LogP contribution in [0, 0.1) is 0 Å². The molecule has 0 saturated heterocycles. The lowest BCUT2D eigenvalue weighted by atomic mass is 10.4. The molecular formula is C10H16N6. The first-order valence-electron chi connectivity index (χ1n) is 5.34. The maximum absolute atomic E-state index is 4.36. The number of hydrogen-bond acceptors (Lipinski definition) is 4. The summed E-state index contributed by atoms with van der Waals surface area (Å²) in [5.74, 6) is 0.825. The first-order valence-corrected chi connectivity index (χ1v) is 5.34. The minimum Gasteiger partial charge on any atom is -0.310 e. The lowest BCUT2D eigenvalue weighted by Gasteiger charge is -1.97. The predicted molar refractivity (Wildman–Crippen MR) is 59.7 cm³/mol. The summed E-state index contributed by atoms with van der Waals surface area (Å²) in [6.45, 7) is 4.42. The van der Waals surface area contributed by atoms with Crippen molar-refractivity contribution in [3.63, 3.8) is 0 Å². The Balaban J connectivity index is 1.97. The van der Waals surface area contributed by atoms with Gasteiger partial charge in [-0.05, 0) is 6.54 Å². The van der Waals surface area contributed by atoms with Gasteiger partial charge in [-0.15, -0.1) is 0 Å². The standard InChI is InChI=1S/C10H16N6/c1-3-11-5-10-12-8-16(14-10)7-9-4-13-15(2)6-9/h4,6,8,11H,3,5,7H2,1-2H3. The first kappa shape index (κ1) is 10.8. The highest BCUT2D eigenvalue weighted by Crippen LogP contribution is 1.99. The Kier molecular flexibility index (Phi) is 3.31. The molecule has 6 heteroatoms. The van der Waals surface area contributed by atoms with E-state index in [0.717, 1.165) is 24.5 Å². The quantitative estimate of drug-likeness (QED) is 0.780. The van der Waals surface area contributed by atoms with Gasteiger partial charge in [0.05, 0.1) is 19.3 Å². The zero-order valence-corrected chi connectivity index (χ0v) is 9.59. The highest BCUT2D eigenvalue weighted by molar-refractivity contribution is 5.03. The van der Waals surface area contributed by atoms with E-state index in [9.17, 15) is 0 Å². The Bertz CT molecular complexity index is 444. The van der Waals surface area contributed by atoms with Crippen LogP contribution in [-0.4, -0.2) is 31.1 Å². The molecule has 6 nitrogen and oxygen atoms in total. The zero-order chi connectivity index (χ0) is 11.4. The van der Waals surface area contributed by atoms with Crippen molar-refractivity contribution >= 4 is 0 Å². The topological polar surface area (TPSA) is 60.6 Å². The Morgan fingerprint density at radius 1 is 1.44 bits per heavy atom. The van der Waals surface area contributed by atoms with Crippen LogP contribution < -0.4 is 5.32 Å². The highest BCUT2D eigenvalue weighted by atomic mass is 15.3. The van der Waals surface area contributed by atoms with Gasteiger partial charge in [0, 0.05) is 18.8 Å². The van der Waals surface area contributed by atoms with Crippen molar-refractivity contribution in [2.24, 2.45) is 7.05 Å². The number of rotatable bonds is 5. The van der Waals surface area contributed by atoms with Crippen molar-refractivity contribution in [2.45, 2.75) is 20.0 Å². The summed E-state index contributed by atoms with van der Waals surface area (Å²) in [6, 6.07) is 0. The van der Waals surface area contributed by atoms with Crippen LogP contribution in [0.2, 0.25) is 0 Å². The molecule has 0 atom stereocenters. The van der Waals surface area contributed by atoms with Gasteiger partial charge in [-0.3, -0.25) is 4.68 Å². The lowest BCUT2D eigenvalue weighted by Crippen LogP contribution is -2.13. The molecule has 1 N–H and O–H groups in total. The van der Waals surface area contributed by atoms with Gasteiger partial charge in [-0.25, -0.2) is 9.67 Å². The molecule has 16 heavy (non-hydrogen) atoms. The van der Waals surface area contributed by atoms with Crippen LogP contribution in [-0.2, 0) is 20.1 Å². The molecule has 0 amide bonds. The number of nitrogens with one attached hydrogen (secondary N) is 1. The van der Waals surface area contributed by atoms with Crippen molar-refractivity contribution in [1.82, 2.24) is 29.9 Å². The molecule has 0 radical (unpaired) electrons. The second-order valence-corrected chi connectivity index (χ2v) is 3.66. The van der Waals surface area contributed by atoms with Gasteiger partial charge in [0.15, 0.2) is 5.82 Å². The highest BCUT2D eigenvalue weighted by Gasteiger charge is 2.02. The van der Waals surface area contributed by atoms with Gasteiger partial charge in [0.2, 0.25) is 0 Å². The molecule has 0 saturated carbocycles. The van der Waals surface area contributed by atoms with Gasteiger partial charge in [0.1, 0.15) is 6.33 Å². The summed E-state index contributed by atoms with van der Waals surface area (Å²) < 4.78 is 3.61. The predicted octanol–water partition coefficient (Wildman–Crippen LogP) is 0.169. The van der Waals surface area contributed by atoms with Crippen LogP contribution in [0.4, 0.5) is 0 Å². The summed E-state index contributed by atoms with van der Waals surface area (Å²) in [4.78, 5) is 4.22. The van der Waals surface area contributed by atoms with Crippen LogP contribution >= 0.6 is 0 Å². The van der Waals surface area contributed by atoms with E-state index in [-0.39, 0.29) is 0 Å². The van der Waals surface area contributed by atoms with Crippen molar-refractivity contribution in [1.29, 1.82) is 0 Å². The summed E-state index contributed by atoms with van der Waals surface area (Å²) >= 11 is 0. The lowest BCUT2D eigenvalue weighted by molar-refractivity contribution is 0.642. The van der Waals surface area contributed by atoms with E-state index in [4.69, 9.17) is 0 Å². The molecule has 0 bridgehead atoms. The van der Waals surface area contributed by atoms with Crippen LogP contribution in [0.1, 0.15) is 18.3 Å². The number of hydrogen-bond donors (Lipinski definition) is 1. The molecule has 0 unspecified atom stereocenters. The monoisotopic (exact) mass is 220 g/mol. The normalized spacial score (nSPS) is 10.9. The smallest absolute Gasteiger partial charge is 0.164 e. The van der Waals surface area contributed by atoms with E-state index in [0.29, 0.717) is 6.54 Å². The van der Waals surface area contributed by atoms with E-state index in [2.05, 4.69) is 27.4 Å². The van der Waals surface area contributed by atoms with E-state index in [1.165, 1.54) is 0 Å². The Morgan fingerprint density at radius 2 is 2.31 bits per heavy atom. The molecule has 2 rings (SSSR count). The molecule has 0 aliphatic heterocycles. The fourth-order valence-electron chi connectivity index (χ4n) is 1.47. The van der Waals surface area contributed by atoms with Gasteiger partial charge < -0.3 is 5.32 Å². The van der Waals surface area contributed by atoms with Crippen molar-refractivity contribution in [3.8, 4) is 0 Å². The van der Waals surface area contributed by atoms with Gasteiger partial charge >= 0.3 is 0 Å². The largest absolute Gasteiger partial charge is 0.310 e. The molecule has 2 aromatic rings. The minimum atomic E-state index is 0.715. The van der Waals surface area contributed by atoms with Gasteiger partial charge in [-0.2, -0.15) is 10.2 Å². The van der Waals surface area contributed by atoms with E-state index < -0.39 is 0 Å². The fourth-order valence-corrected chi connectivity index (χ4v) is 1.47.